The molecular weight excluding hydrogens is 446 g/mol. The van der Waals surface area contributed by atoms with Crippen LogP contribution in [0, 0.1) is 0 Å². The van der Waals surface area contributed by atoms with Crippen LogP contribution in [-0.4, -0.2) is 53.3 Å². The van der Waals surface area contributed by atoms with Gasteiger partial charge in [-0.2, -0.15) is 0 Å². The molecule has 2 aromatic heterocycles. The van der Waals surface area contributed by atoms with Crippen molar-refractivity contribution in [3.05, 3.63) is 58.1 Å². The van der Waals surface area contributed by atoms with Gasteiger partial charge in [-0.3, -0.25) is 14.5 Å². The molecule has 0 radical (unpaired) electrons. The number of nitrogens with one attached hydrogen (secondary N) is 1. The maximum Gasteiger partial charge on any atom is 0.263 e. The number of thiophene rings is 1. The fourth-order valence-corrected chi connectivity index (χ4v) is 6.13. The minimum Gasteiger partial charge on any atom is -0.397 e. The Labute approximate surface area is 203 Å². The number of benzene rings is 1. The van der Waals surface area contributed by atoms with Crippen molar-refractivity contribution < 1.29 is 9.59 Å². The second-order valence-corrected chi connectivity index (χ2v) is 10.2. The summed E-state index contributed by atoms with van der Waals surface area (Å²) in [7, 11) is 1.59. The molecular formula is C26H31N5O2S. The Balaban J connectivity index is 1.38. The third-order valence-electron chi connectivity index (χ3n) is 6.96. The highest BCUT2D eigenvalue weighted by molar-refractivity contribution is 7.21. The van der Waals surface area contributed by atoms with E-state index < -0.39 is 0 Å². The minimum atomic E-state index is -0.204. The Kier molecular flexibility index (Phi) is 6.52. The van der Waals surface area contributed by atoms with Crippen molar-refractivity contribution in [3.8, 4) is 0 Å². The van der Waals surface area contributed by atoms with E-state index in [9.17, 15) is 9.59 Å². The summed E-state index contributed by atoms with van der Waals surface area (Å²) < 4.78 is 0. The number of nitrogens with two attached hydrogens (primary N) is 1. The van der Waals surface area contributed by atoms with E-state index in [0.29, 0.717) is 10.6 Å². The highest BCUT2D eigenvalue weighted by Gasteiger charge is 2.30. The summed E-state index contributed by atoms with van der Waals surface area (Å²) in [5.74, 6) is -0.152. The van der Waals surface area contributed by atoms with Gasteiger partial charge in [-0.1, -0.05) is 12.1 Å². The summed E-state index contributed by atoms with van der Waals surface area (Å²) in [6, 6.07) is 11.9. The molecule has 1 atom stereocenters. The van der Waals surface area contributed by atoms with Crippen LogP contribution in [-0.2, 0) is 6.54 Å². The molecule has 4 heterocycles. The van der Waals surface area contributed by atoms with E-state index in [1.165, 1.54) is 29.7 Å². The van der Waals surface area contributed by atoms with Gasteiger partial charge < -0.3 is 16.0 Å². The van der Waals surface area contributed by atoms with E-state index in [2.05, 4.69) is 22.3 Å². The number of pyridine rings is 1. The second-order valence-electron chi connectivity index (χ2n) is 9.20. The molecule has 8 heteroatoms. The molecule has 2 saturated heterocycles. The zero-order chi connectivity index (χ0) is 23.7. The summed E-state index contributed by atoms with van der Waals surface area (Å²) in [5, 5.41) is 3.42. The number of hydrogen-bond acceptors (Lipinski definition) is 6. The Hall–Kier alpha value is -2.97. The fraction of sp³-hybridized carbons (Fsp3) is 0.423. The lowest BCUT2D eigenvalue weighted by molar-refractivity contribution is 0.0606. The van der Waals surface area contributed by atoms with Crippen LogP contribution in [0.15, 0.2) is 36.4 Å². The zero-order valence-electron chi connectivity index (χ0n) is 19.5. The first-order valence-corrected chi connectivity index (χ1v) is 12.9. The molecule has 7 nitrogen and oxygen atoms in total. The first-order valence-electron chi connectivity index (χ1n) is 12.1. The number of likely N-dealkylation sites (tertiary alicyclic amines) is 2. The van der Waals surface area contributed by atoms with Crippen LogP contribution in [0.25, 0.3) is 10.2 Å². The highest BCUT2D eigenvalue weighted by Crippen LogP contribution is 2.36. The molecule has 2 aliphatic rings. The molecule has 0 aliphatic carbocycles. The van der Waals surface area contributed by atoms with Crippen molar-refractivity contribution >= 4 is 39.1 Å². The van der Waals surface area contributed by atoms with Gasteiger partial charge in [0.25, 0.3) is 11.8 Å². The molecule has 3 N–H and O–H groups in total. The maximum atomic E-state index is 13.5. The van der Waals surface area contributed by atoms with E-state index in [1.54, 1.807) is 7.05 Å². The molecule has 2 aliphatic heterocycles. The summed E-state index contributed by atoms with van der Waals surface area (Å²) in [6.45, 7) is 3.99. The number of aromatic nitrogens is 1. The molecule has 2 fully saturated rings. The predicted molar refractivity (Wildman–Crippen MR) is 136 cm³/mol. The predicted octanol–water partition coefficient (Wildman–Crippen LogP) is 4.20. The number of anilines is 1. The number of piperidine rings is 1. The monoisotopic (exact) mass is 477 g/mol. The average Bonchev–Trinajstić information content (AvgIpc) is 3.51. The fourth-order valence-electron chi connectivity index (χ4n) is 5.08. The molecule has 3 aromatic rings. The number of hydrogen-bond donors (Lipinski definition) is 2. The Morgan fingerprint density at radius 1 is 1.06 bits per heavy atom. The summed E-state index contributed by atoms with van der Waals surface area (Å²) in [5.41, 5.74) is 9.50. The lowest BCUT2D eigenvalue weighted by atomic mass is 9.97. The number of nitrogens with zero attached hydrogens (tertiary/aromatic N) is 3. The number of carbonyl (C=O) groups is 2. The number of carbonyl (C=O) groups excluding carboxylic acids is 2. The van der Waals surface area contributed by atoms with E-state index in [4.69, 9.17) is 10.7 Å². The van der Waals surface area contributed by atoms with Gasteiger partial charge in [-0.25, -0.2) is 4.98 Å². The summed E-state index contributed by atoms with van der Waals surface area (Å²) in [4.78, 5) is 36.1. The normalized spacial score (nSPS) is 19.0. The third kappa shape index (κ3) is 4.40. The van der Waals surface area contributed by atoms with Crippen LogP contribution in [0.2, 0.25) is 0 Å². The molecule has 178 valence electrons. The maximum absolute atomic E-state index is 13.5. The lowest BCUT2D eigenvalue weighted by Crippen LogP contribution is -2.38. The van der Waals surface area contributed by atoms with Gasteiger partial charge in [-0.05, 0) is 75.0 Å². The number of nitrogen functional groups attached to an aromatic ring is 1. The van der Waals surface area contributed by atoms with Crippen molar-refractivity contribution in [2.45, 2.75) is 44.7 Å². The standard InChI is InChI=1S/C26H31N5O2S/c1-28-24(32)23-22(27)19-11-12-20(29-25(19)34-23)21-6-2-3-15-31(21)26(33)18-9-7-17(8-10-18)16-30-13-4-5-14-30/h7-12,21H,2-6,13-16,27H2,1H3,(H,28,32)/t21-/m1/s1. The van der Waals surface area contributed by atoms with Crippen molar-refractivity contribution in [2.75, 3.05) is 32.4 Å². The molecule has 0 saturated carbocycles. The highest BCUT2D eigenvalue weighted by atomic mass is 32.1. The van der Waals surface area contributed by atoms with Gasteiger partial charge in [0.05, 0.1) is 17.4 Å². The molecule has 0 bridgehead atoms. The van der Waals surface area contributed by atoms with E-state index in [0.717, 1.165) is 66.9 Å². The molecule has 0 unspecified atom stereocenters. The average molecular weight is 478 g/mol. The number of rotatable bonds is 5. The molecule has 5 rings (SSSR count). The largest absolute Gasteiger partial charge is 0.397 e. The third-order valence-corrected chi connectivity index (χ3v) is 8.07. The molecule has 2 amide bonds. The number of amides is 2. The lowest BCUT2D eigenvalue weighted by Gasteiger charge is -2.35. The van der Waals surface area contributed by atoms with E-state index >= 15 is 0 Å². The van der Waals surface area contributed by atoms with Crippen LogP contribution >= 0.6 is 11.3 Å². The summed E-state index contributed by atoms with van der Waals surface area (Å²) >= 11 is 1.30. The van der Waals surface area contributed by atoms with E-state index in [1.807, 2.05) is 29.2 Å². The van der Waals surface area contributed by atoms with Gasteiger partial charge >= 0.3 is 0 Å². The topological polar surface area (TPSA) is 91.6 Å². The van der Waals surface area contributed by atoms with Crippen LogP contribution < -0.4 is 11.1 Å². The van der Waals surface area contributed by atoms with Gasteiger partial charge in [0.1, 0.15) is 9.71 Å². The van der Waals surface area contributed by atoms with Crippen LogP contribution in [0.5, 0.6) is 0 Å². The SMILES string of the molecule is CNC(=O)c1sc2nc([C@H]3CCCCN3C(=O)c3ccc(CN4CCCC4)cc3)ccc2c1N. The second kappa shape index (κ2) is 9.72. The Morgan fingerprint density at radius 2 is 1.79 bits per heavy atom. The van der Waals surface area contributed by atoms with Gasteiger partial charge in [0.2, 0.25) is 0 Å². The quantitative estimate of drug-likeness (QED) is 0.575. The molecule has 34 heavy (non-hydrogen) atoms. The van der Waals surface area contributed by atoms with Crippen LogP contribution in [0.4, 0.5) is 5.69 Å². The zero-order valence-corrected chi connectivity index (χ0v) is 20.4. The van der Waals surface area contributed by atoms with Crippen molar-refractivity contribution in [1.29, 1.82) is 0 Å². The van der Waals surface area contributed by atoms with Crippen LogP contribution in [0.1, 0.15) is 69.4 Å². The Morgan fingerprint density at radius 3 is 2.53 bits per heavy atom. The smallest absolute Gasteiger partial charge is 0.263 e. The summed E-state index contributed by atoms with van der Waals surface area (Å²) in [6.07, 6.45) is 5.47. The van der Waals surface area contributed by atoms with Crippen molar-refractivity contribution in [1.82, 2.24) is 20.1 Å². The molecule has 0 spiro atoms. The van der Waals surface area contributed by atoms with Gasteiger partial charge in [0.15, 0.2) is 0 Å². The molecule has 1 aromatic carbocycles. The Bertz CT molecular complexity index is 1200. The van der Waals surface area contributed by atoms with Gasteiger partial charge in [-0.15, -0.1) is 11.3 Å². The first-order chi connectivity index (χ1) is 16.5. The minimum absolute atomic E-state index is 0.0519. The number of fused-ring (bicyclic) bond motifs is 1. The van der Waals surface area contributed by atoms with E-state index in [-0.39, 0.29) is 17.9 Å². The van der Waals surface area contributed by atoms with Crippen molar-refractivity contribution in [2.24, 2.45) is 0 Å². The van der Waals surface area contributed by atoms with Crippen molar-refractivity contribution in [3.63, 3.8) is 0 Å². The van der Waals surface area contributed by atoms with Crippen LogP contribution in [0.3, 0.4) is 0 Å². The first kappa shape index (κ1) is 22.8. The van der Waals surface area contributed by atoms with Gasteiger partial charge in [0, 0.05) is 31.1 Å².